The molecule has 2 aromatic rings. The van der Waals surface area contributed by atoms with Gasteiger partial charge >= 0.3 is 5.97 Å². The highest BCUT2D eigenvalue weighted by Crippen LogP contribution is 2.38. The van der Waals surface area contributed by atoms with E-state index in [-0.39, 0.29) is 11.8 Å². The molecule has 4 heterocycles. The Morgan fingerprint density at radius 3 is 2.70 bits per heavy atom. The van der Waals surface area contributed by atoms with Gasteiger partial charge in [-0.3, -0.25) is 9.89 Å². The summed E-state index contributed by atoms with van der Waals surface area (Å²) in [5.41, 5.74) is 5.63. The first-order chi connectivity index (χ1) is 22.1. The monoisotopic (exact) mass is 640 g/mol. The Morgan fingerprint density at radius 2 is 2.00 bits per heavy atom. The number of H-pyrrole nitrogens is 1. The first-order valence-corrected chi connectivity index (χ1v) is 16.8. The van der Waals surface area contributed by atoms with E-state index in [1.54, 1.807) is 0 Å². The largest absolute Gasteiger partial charge is 0.453 e. The van der Waals surface area contributed by atoms with Gasteiger partial charge < -0.3 is 39.7 Å². The summed E-state index contributed by atoms with van der Waals surface area (Å²) in [6.45, 7) is 12.7. The SMILES string of the molecule is CC(=O)O[C@H]1[C@H](Oc2n[nH]c(C(C)C)c2Cc2ccc(/C=C/CCN3CCCC4(CCNCC4)C3)cc2C)O[C@H](CO)[C@@H](O)[C@@H]1O. The number of hydrogen-bond donors (Lipinski definition) is 5. The van der Waals surface area contributed by atoms with Gasteiger partial charge in [0, 0.05) is 37.7 Å². The molecule has 1 aromatic carbocycles. The third-order valence-corrected chi connectivity index (χ3v) is 9.85. The molecular formula is C35H52N4O7. The first-order valence-electron chi connectivity index (χ1n) is 16.8. The summed E-state index contributed by atoms with van der Waals surface area (Å²) in [4.78, 5) is 14.4. The fraction of sp³-hybridized carbons (Fsp3) is 0.657. The van der Waals surface area contributed by atoms with Crippen molar-refractivity contribution in [1.29, 1.82) is 0 Å². The number of hydrogen-bond acceptors (Lipinski definition) is 10. The van der Waals surface area contributed by atoms with Crippen LogP contribution in [0.1, 0.15) is 86.7 Å². The average molecular weight is 641 g/mol. The fourth-order valence-corrected chi connectivity index (χ4v) is 7.24. The molecule has 3 aliphatic heterocycles. The predicted octanol–water partition coefficient (Wildman–Crippen LogP) is 3.05. The summed E-state index contributed by atoms with van der Waals surface area (Å²) < 4.78 is 17.1. The lowest BCUT2D eigenvalue weighted by Crippen LogP contribution is -2.61. The van der Waals surface area contributed by atoms with E-state index in [4.69, 9.17) is 14.2 Å². The van der Waals surface area contributed by atoms with Crippen LogP contribution in [0.2, 0.25) is 0 Å². The molecule has 5 atom stereocenters. The minimum atomic E-state index is -1.51. The highest BCUT2D eigenvalue weighted by molar-refractivity contribution is 5.66. The molecule has 0 bridgehead atoms. The maximum absolute atomic E-state index is 11.8. The van der Waals surface area contributed by atoms with Gasteiger partial charge in [-0.15, -0.1) is 5.10 Å². The van der Waals surface area contributed by atoms with Gasteiger partial charge in [0.25, 0.3) is 0 Å². The molecule has 0 saturated carbocycles. The van der Waals surface area contributed by atoms with Crippen molar-refractivity contribution in [3.05, 3.63) is 52.2 Å². The molecule has 1 spiro atoms. The smallest absolute Gasteiger partial charge is 0.303 e. The first kappa shape index (κ1) is 34.5. The molecule has 0 amide bonds. The number of aromatic amines is 1. The van der Waals surface area contributed by atoms with Gasteiger partial charge in [0.15, 0.2) is 6.10 Å². The number of carbonyl (C=O) groups is 1. The Bertz CT molecular complexity index is 1330. The summed E-state index contributed by atoms with van der Waals surface area (Å²) in [7, 11) is 0. The van der Waals surface area contributed by atoms with Crippen LogP contribution in [-0.4, -0.2) is 106 Å². The van der Waals surface area contributed by atoms with E-state index in [0.717, 1.165) is 54.0 Å². The number of nitrogens with one attached hydrogen (secondary N) is 2. The molecule has 0 aliphatic carbocycles. The molecule has 3 fully saturated rings. The van der Waals surface area contributed by atoms with Crippen LogP contribution in [0.4, 0.5) is 0 Å². The van der Waals surface area contributed by atoms with Gasteiger partial charge in [0.05, 0.1) is 6.61 Å². The van der Waals surface area contributed by atoms with E-state index in [1.165, 1.54) is 45.7 Å². The summed E-state index contributed by atoms with van der Waals surface area (Å²) in [5, 5.41) is 41.7. The van der Waals surface area contributed by atoms with Crippen LogP contribution >= 0.6 is 0 Å². The number of rotatable bonds is 11. The maximum atomic E-state index is 11.8. The molecule has 3 saturated heterocycles. The Labute approximate surface area is 272 Å². The Kier molecular flexibility index (Phi) is 11.6. The Morgan fingerprint density at radius 1 is 1.22 bits per heavy atom. The molecule has 5 rings (SSSR count). The topological polar surface area (TPSA) is 149 Å². The third kappa shape index (κ3) is 8.18. The molecular weight excluding hydrogens is 588 g/mol. The van der Waals surface area contributed by atoms with Crippen molar-refractivity contribution in [2.75, 3.05) is 39.3 Å². The normalized spacial score (nSPS) is 27.0. The van der Waals surface area contributed by atoms with E-state index in [1.807, 2.05) is 0 Å². The maximum Gasteiger partial charge on any atom is 0.303 e. The average Bonchev–Trinajstić information content (AvgIpc) is 3.42. The second-order valence-electron chi connectivity index (χ2n) is 13.7. The zero-order valence-electron chi connectivity index (χ0n) is 27.7. The van der Waals surface area contributed by atoms with Crippen LogP contribution in [0.15, 0.2) is 24.3 Å². The van der Waals surface area contributed by atoms with Crippen LogP contribution in [0.3, 0.4) is 0 Å². The quantitative estimate of drug-likeness (QED) is 0.232. The summed E-state index contributed by atoms with van der Waals surface area (Å²) in [5.74, 6) is -0.303. The molecule has 11 nitrogen and oxygen atoms in total. The number of likely N-dealkylation sites (tertiary alicyclic amines) is 1. The summed E-state index contributed by atoms with van der Waals surface area (Å²) in [6, 6.07) is 6.45. The van der Waals surface area contributed by atoms with Gasteiger partial charge in [0.1, 0.15) is 18.3 Å². The molecule has 3 aliphatic rings. The zero-order chi connectivity index (χ0) is 32.8. The van der Waals surface area contributed by atoms with Gasteiger partial charge in [-0.1, -0.05) is 44.2 Å². The summed E-state index contributed by atoms with van der Waals surface area (Å²) in [6.07, 6.45) is 4.65. The lowest BCUT2D eigenvalue weighted by molar-refractivity contribution is -0.282. The van der Waals surface area contributed by atoms with Crippen molar-refractivity contribution in [1.82, 2.24) is 20.4 Å². The van der Waals surface area contributed by atoms with Crippen molar-refractivity contribution in [3.8, 4) is 5.88 Å². The van der Waals surface area contributed by atoms with Gasteiger partial charge in [-0.2, -0.15) is 0 Å². The van der Waals surface area contributed by atoms with Gasteiger partial charge in [-0.25, -0.2) is 0 Å². The third-order valence-electron chi connectivity index (χ3n) is 9.85. The van der Waals surface area contributed by atoms with Crippen LogP contribution in [0.25, 0.3) is 6.08 Å². The van der Waals surface area contributed by atoms with Gasteiger partial charge in [-0.05, 0) is 86.7 Å². The van der Waals surface area contributed by atoms with E-state index >= 15 is 0 Å². The van der Waals surface area contributed by atoms with Crippen LogP contribution in [0.5, 0.6) is 5.88 Å². The number of carbonyl (C=O) groups excluding carboxylic acids is 1. The lowest BCUT2D eigenvalue weighted by Gasteiger charge is -2.45. The standard InChI is InChI=1S/C35H52N4O7/c1-22(2)29-27(33(38-37-29)46-34-32(44-24(4)41)31(43)30(42)28(20-40)45-34)19-26-10-9-25(18-23(26)3)8-5-6-16-39-17-7-11-35(21-39)12-14-36-15-13-35/h5,8-10,18,22,28,30-32,34,36,40,42-43H,6-7,11-17,19-21H2,1-4H3,(H,37,38)/b8-5+/t28-,30-,31+,32-,34+/m1/s1. The van der Waals surface area contributed by atoms with E-state index in [2.05, 4.69) is 71.5 Å². The Balaban J connectivity index is 1.25. The molecule has 0 unspecified atom stereocenters. The van der Waals surface area contributed by atoms with E-state index < -0.39 is 43.3 Å². The highest BCUT2D eigenvalue weighted by atomic mass is 16.7. The second-order valence-corrected chi connectivity index (χ2v) is 13.7. The minimum Gasteiger partial charge on any atom is -0.453 e. The zero-order valence-corrected chi connectivity index (χ0v) is 27.7. The van der Waals surface area contributed by atoms with Crippen LogP contribution < -0.4 is 10.1 Å². The highest BCUT2D eigenvalue weighted by Gasteiger charge is 2.48. The predicted molar refractivity (Wildman–Crippen MR) is 174 cm³/mol. The number of aromatic nitrogens is 2. The molecule has 5 N–H and O–H groups in total. The Hall–Kier alpha value is -2.80. The van der Waals surface area contributed by atoms with Crippen molar-refractivity contribution < 1.29 is 34.3 Å². The van der Waals surface area contributed by atoms with Crippen LogP contribution in [-0.2, 0) is 20.7 Å². The number of benzene rings is 1. The number of esters is 1. The van der Waals surface area contributed by atoms with Crippen molar-refractivity contribution in [2.24, 2.45) is 5.41 Å². The van der Waals surface area contributed by atoms with Gasteiger partial charge in [0.2, 0.25) is 12.2 Å². The van der Waals surface area contributed by atoms with Crippen LogP contribution in [0, 0.1) is 12.3 Å². The molecule has 11 heteroatoms. The molecule has 46 heavy (non-hydrogen) atoms. The number of piperidine rings is 2. The number of ether oxygens (including phenoxy) is 3. The molecule has 0 radical (unpaired) electrons. The van der Waals surface area contributed by atoms with E-state index in [9.17, 15) is 20.1 Å². The summed E-state index contributed by atoms with van der Waals surface area (Å²) >= 11 is 0. The van der Waals surface area contributed by atoms with Crippen molar-refractivity contribution >= 4 is 12.0 Å². The number of aryl methyl sites for hydroxylation is 1. The number of nitrogens with zero attached hydrogens (tertiary/aromatic N) is 2. The molecule has 254 valence electrons. The molecule has 1 aromatic heterocycles. The fourth-order valence-electron chi connectivity index (χ4n) is 7.24. The lowest BCUT2D eigenvalue weighted by atomic mass is 9.73. The van der Waals surface area contributed by atoms with E-state index in [0.29, 0.717) is 11.8 Å². The van der Waals surface area contributed by atoms with Crippen molar-refractivity contribution in [2.45, 2.75) is 103 Å². The number of aliphatic hydroxyl groups excluding tert-OH is 3. The second kappa shape index (κ2) is 15.4. The minimum absolute atomic E-state index is 0.112. The number of aliphatic hydroxyl groups is 3. The van der Waals surface area contributed by atoms with Crippen molar-refractivity contribution in [3.63, 3.8) is 0 Å².